The van der Waals surface area contributed by atoms with Crippen molar-refractivity contribution in [3.05, 3.63) is 53.4 Å². The van der Waals surface area contributed by atoms with Gasteiger partial charge >= 0.3 is 0 Å². The average molecular weight is 287 g/mol. The third kappa shape index (κ3) is 2.96. The standard InChI is InChI=1S/C16H18FN3O/c1-11-9-18-16(19-11)13-6-7-20(10-13)15(21)8-12-4-2-3-5-14(12)17/h2-5,9,13H,6-8,10H2,1H3,(H,18,19)/t13-/m0/s1. The molecule has 2 heterocycles. The topological polar surface area (TPSA) is 49.0 Å². The number of benzene rings is 1. The number of carbonyl (C=O) groups is 1. The fourth-order valence-electron chi connectivity index (χ4n) is 2.77. The number of aromatic amines is 1. The van der Waals surface area contributed by atoms with Crippen LogP contribution >= 0.6 is 0 Å². The van der Waals surface area contributed by atoms with Crippen LogP contribution in [0.5, 0.6) is 0 Å². The quantitative estimate of drug-likeness (QED) is 0.942. The van der Waals surface area contributed by atoms with E-state index in [0.717, 1.165) is 17.9 Å². The Morgan fingerprint density at radius 3 is 3.00 bits per heavy atom. The first-order valence-electron chi connectivity index (χ1n) is 7.16. The van der Waals surface area contributed by atoms with Gasteiger partial charge in [-0.3, -0.25) is 4.79 Å². The summed E-state index contributed by atoms with van der Waals surface area (Å²) in [5, 5.41) is 0. The molecule has 0 radical (unpaired) electrons. The largest absolute Gasteiger partial charge is 0.346 e. The molecule has 3 rings (SSSR count). The van der Waals surface area contributed by atoms with Crippen LogP contribution in [-0.4, -0.2) is 33.9 Å². The van der Waals surface area contributed by atoms with E-state index < -0.39 is 0 Å². The number of imidazole rings is 1. The van der Waals surface area contributed by atoms with E-state index in [9.17, 15) is 9.18 Å². The van der Waals surface area contributed by atoms with E-state index >= 15 is 0 Å². The Balaban J connectivity index is 1.63. The first-order valence-corrected chi connectivity index (χ1v) is 7.16. The highest BCUT2D eigenvalue weighted by Crippen LogP contribution is 2.25. The van der Waals surface area contributed by atoms with Gasteiger partial charge in [-0.25, -0.2) is 9.37 Å². The highest BCUT2D eigenvalue weighted by molar-refractivity contribution is 5.79. The van der Waals surface area contributed by atoms with Crippen molar-refractivity contribution >= 4 is 5.91 Å². The van der Waals surface area contributed by atoms with Crippen LogP contribution in [0.1, 0.15) is 29.4 Å². The number of nitrogens with one attached hydrogen (secondary N) is 1. The van der Waals surface area contributed by atoms with Gasteiger partial charge in [0.05, 0.1) is 6.42 Å². The molecule has 4 nitrogen and oxygen atoms in total. The second-order valence-corrected chi connectivity index (χ2v) is 5.54. The molecule has 1 atom stereocenters. The van der Waals surface area contributed by atoms with Crippen LogP contribution in [-0.2, 0) is 11.2 Å². The first kappa shape index (κ1) is 13.8. The van der Waals surface area contributed by atoms with E-state index in [4.69, 9.17) is 0 Å². The summed E-state index contributed by atoms with van der Waals surface area (Å²) in [7, 11) is 0. The van der Waals surface area contributed by atoms with Gasteiger partial charge in [0.1, 0.15) is 11.6 Å². The lowest BCUT2D eigenvalue weighted by Crippen LogP contribution is -2.30. The van der Waals surface area contributed by atoms with Crippen molar-refractivity contribution in [1.82, 2.24) is 14.9 Å². The number of aromatic nitrogens is 2. The van der Waals surface area contributed by atoms with Gasteiger partial charge in [-0.1, -0.05) is 18.2 Å². The van der Waals surface area contributed by atoms with Crippen LogP contribution < -0.4 is 0 Å². The summed E-state index contributed by atoms with van der Waals surface area (Å²) in [5.41, 5.74) is 1.49. The Bertz CT molecular complexity index is 652. The molecular weight excluding hydrogens is 269 g/mol. The third-order valence-corrected chi connectivity index (χ3v) is 3.95. The molecule has 1 fully saturated rings. The van der Waals surface area contributed by atoms with E-state index in [1.54, 1.807) is 29.3 Å². The highest BCUT2D eigenvalue weighted by atomic mass is 19.1. The summed E-state index contributed by atoms with van der Waals surface area (Å²) in [6.07, 6.45) is 2.83. The number of H-pyrrole nitrogens is 1. The van der Waals surface area contributed by atoms with Gasteiger partial charge in [-0.05, 0) is 25.0 Å². The van der Waals surface area contributed by atoms with Crippen molar-refractivity contribution in [2.45, 2.75) is 25.7 Å². The van der Waals surface area contributed by atoms with Crippen LogP contribution in [0.3, 0.4) is 0 Å². The number of nitrogens with zero attached hydrogens (tertiary/aromatic N) is 2. The molecule has 1 aromatic heterocycles. The van der Waals surface area contributed by atoms with Gasteiger partial charge in [0.25, 0.3) is 0 Å². The van der Waals surface area contributed by atoms with E-state index in [1.807, 2.05) is 6.92 Å². The summed E-state index contributed by atoms with van der Waals surface area (Å²) in [6.45, 7) is 3.32. The normalized spacial score (nSPS) is 18.2. The van der Waals surface area contributed by atoms with Gasteiger partial charge in [-0.15, -0.1) is 0 Å². The van der Waals surface area contributed by atoms with E-state index in [0.29, 0.717) is 18.7 Å². The zero-order chi connectivity index (χ0) is 14.8. The molecule has 0 unspecified atom stereocenters. The van der Waals surface area contributed by atoms with Crippen molar-refractivity contribution in [2.75, 3.05) is 13.1 Å². The summed E-state index contributed by atoms with van der Waals surface area (Å²) in [6, 6.07) is 6.44. The number of halogens is 1. The minimum atomic E-state index is -0.316. The minimum absolute atomic E-state index is 0.0223. The Kier molecular flexibility index (Phi) is 3.73. The van der Waals surface area contributed by atoms with Crippen LogP contribution in [0.2, 0.25) is 0 Å². The summed E-state index contributed by atoms with van der Waals surface area (Å²) in [5.74, 6) is 0.853. The lowest BCUT2D eigenvalue weighted by Gasteiger charge is -2.16. The average Bonchev–Trinajstić information content (AvgIpc) is 3.10. The maximum Gasteiger partial charge on any atom is 0.227 e. The van der Waals surface area contributed by atoms with E-state index in [2.05, 4.69) is 9.97 Å². The van der Waals surface area contributed by atoms with Gasteiger partial charge in [0.15, 0.2) is 0 Å². The predicted octanol–water partition coefficient (Wildman–Crippen LogP) is 2.42. The molecule has 2 aromatic rings. The van der Waals surface area contributed by atoms with Gasteiger partial charge in [0.2, 0.25) is 5.91 Å². The fraction of sp³-hybridized carbons (Fsp3) is 0.375. The molecule has 21 heavy (non-hydrogen) atoms. The molecule has 0 aliphatic carbocycles. The fourth-order valence-corrected chi connectivity index (χ4v) is 2.77. The van der Waals surface area contributed by atoms with Gasteiger partial charge < -0.3 is 9.88 Å². The molecule has 5 heteroatoms. The SMILES string of the molecule is Cc1cnc([C@H]2CCN(C(=O)Cc3ccccc3F)C2)[nH]1. The van der Waals surface area contributed by atoms with E-state index in [-0.39, 0.29) is 24.1 Å². The summed E-state index contributed by atoms with van der Waals surface area (Å²) < 4.78 is 13.6. The predicted molar refractivity (Wildman–Crippen MR) is 77.4 cm³/mol. The van der Waals surface area contributed by atoms with Crippen molar-refractivity contribution in [1.29, 1.82) is 0 Å². The molecule has 0 saturated carbocycles. The molecule has 1 N–H and O–H groups in total. The number of rotatable bonds is 3. The second-order valence-electron chi connectivity index (χ2n) is 5.54. The zero-order valence-electron chi connectivity index (χ0n) is 12.0. The number of aryl methyl sites for hydroxylation is 1. The molecule has 1 amide bonds. The van der Waals surface area contributed by atoms with Crippen molar-refractivity contribution < 1.29 is 9.18 Å². The zero-order valence-corrected chi connectivity index (χ0v) is 12.0. The number of amides is 1. The Morgan fingerprint density at radius 2 is 2.29 bits per heavy atom. The number of hydrogen-bond donors (Lipinski definition) is 1. The van der Waals surface area contributed by atoms with Crippen molar-refractivity contribution in [2.24, 2.45) is 0 Å². The van der Waals surface area contributed by atoms with E-state index in [1.165, 1.54) is 6.07 Å². The minimum Gasteiger partial charge on any atom is -0.346 e. The molecule has 0 bridgehead atoms. The van der Waals surface area contributed by atoms with Crippen LogP contribution in [0.25, 0.3) is 0 Å². The summed E-state index contributed by atoms with van der Waals surface area (Å²) >= 11 is 0. The van der Waals surface area contributed by atoms with Crippen molar-refractivity contribution in [3.63, 3.8) is 0 Å². The lowest BCUT2D eigenvalue weighted by molar-refractivity contribution is -0.129. The van der Waals surface area contributed by atoms with Crippen LogP contribution in [0, 0.1) is 12.7 Å². The third-order valence-electron chi connectivity index (χ3n) is 3.95. The smallest absolute Gasteiger partial charge is 0.227 e. The Hall–Kier alpha value is -2.17. The first-order chi connectivity index (χ1) is 10.1. The second kappa shape index (κ2) is 5.68. The molecule has 1 saturated heterocycles. The van der Waals surface area contributed by atoms with Gasteiger partial charge in [0, 0.05) is 30.9 Å². The van der Waals surface area contributed by atoms with Gasteiger partial charge in [-0.2, -0.15) is 0 Å². The molecule has 110 valence electrons. The number of carbonyl (C=O) groups excluding carboxylic acids is 1. The monoisotopic (exact) mass is 287 g/mol. The molecule has 1 aliphatic rings. The Morgan fingerprint density at radius 1 is 1.48 bits per heavy atom. The van der Waals surface area contributed by atoms with Crippen LogP contribution in [0.15, 0.2) is 30.5 Å². The van der Waals surface area contributed by atoms with Crippen LogP contribution in [0.4, 0.5) is 4.39 Å². The van der Waals surface area contributed by atoms with Crippen molar-refractivity contribution in [3.8, 4) is 0 Å². The Labute approximate surface area is 123 Å². The lowest BCUT2D eigenvalue weighted by atomic mass is 10.1. The maximum atomic E-state index is 13.6. The molecule has 1 aliphatic heterocycles. The summed E-state index contributed by atoms with van der Waals surface area (Å²) in [4.78, 5) is 21.6. The number of likely N-dealkylation sites (tertiary alicyclic amines) is 1. The highest BCUT2D eigenvalue weighted by Gasteiger charge is 2.29. The maximum absolute atomic E-state index is 13.6. The molecule has 1 aromatic carbocycles. The molecular formula is C16H18FN3O. The number of hydrogen-bond acceptors (Lipinski definition) is 2. The molecule has 0 spiro atoms.